The number of hydrogen-bond donors (Lipinski definition) is 3. The normalized spacial score (nSPS) is 10.5. The summed E-state index contributed by atoms with van der Waals surface area (Å²) in [6.07, 6.45) is 1.87. The molecule has 2 amide bonds. The van der Waals surface area contributed by atoms with Gasteiger partial charge >= 0.3 is 0 Å². The number of imidazole rings is 1. The lowest BCUT2D eigenvalue weighted by Gasteiger charge is -2.08. The van der Waals surface area contributed by atoms with Gasteiger partial charge in [-0.15, -0.1) is 0 Å². The standard InChI is InChI=1S/C19H20N4O3/c1-26-15-5-2-13(3-6-15)10-18(24)20-8-9-21-19(25)14-4-7-16-17(11-14)23-12-22-16/h2-7,11-12H,8-10H2,1H3,(H,20,24)(H,21,25)(H,22,23). The van der Waals surface area contributed by atoms with Crippen LogP contribution in [0.5, 0.6) is 5.75 Å². The van der Waals surface area contributed by atoms with Crippen LogP contribution in [0.3, 0.4) is 0 Å². The van der Waals surface area contributed by atoms with Crippen LogP contribution < -0.4 is 15.4 Å². The fourth-order valence-corrected chi connectivity index (χ4v) is 2.55. The zero-order valence-electron chi connectivity index (χ0n) is 14.4. The number of carbonyl (C=O) groups excluding carboxylic acids is 2. The van der Waals surface area contributed by atoms with Gasteiger partial charge in [-0.1, -0.05) is 12.1 Å². The Labute approximate surface area is 150 Å². The topological polar surface area (TPSA) is 96.1 Å². The average molecular weight is 352 g/mol. The molecule has 3 N–H and O–H groups in total. The van der Waals surface area contributed by atoms with Gasteiger partial charge in [-0.05, 0) is 35.9 Å². The summed E-state index contributed by atoms with van der Waals surface area (Å²) in [6, 6.07) is 12.6. The Bertz CT molecular complexity index is 903. The van der Waals surface area contributed by atoms with E-state index in [9.17, 15) is 9.59 Å². The maximum Gasteiger partial charge on any atom is 0.251 e. The van der Waals surface area contributed by atoms with E-state index < -0.39 is 0 Å². The molecule has 0 saturated carbocycles. The van der Waals surface area contributed by atoms with Gasteiger partial charge in [0.2, 0.25) is 5.91 Å². The average Bonchev–Trinajstić information content (AvgIpc) is 3.13. The smallest absolute Gasteiger partial charge is 0.251 e. The van der Waals surface area contributed by atoms with Crippen LogP contribution in [-0.4, -0.2) is 42.0 Å². The number of hydrogen-bond acceptors (Lipinski definition) is 4. The number of methoxy groups -OCH3 is 1. The number of carbonyl (C=O) groups is 2. The Morgan fingerprint density at radius 3 is 2.62 bits per heavy atom. The Morgan fingerprint density at radius 1 is 1.08 bits per heavy atom. The van der Waals surface area contributed by atoms with Crippen molar-refractivity contribution in [3.63, 3.8) is 0 Å². The molecule has 0 radical (unpaired) electrons. The van der Waals surface area contributed by atoms with Gasteiger partial charge in [0, 0.05) is 18.7 Å². The highest BCUT2D eigenvalue weighted by atomic mass is 16.5. The third kappa shape index (κ3) is 4.38. The van der Waals surface area contributed by atoms with Crippen molar-refractivity contribution >= 4 is 22.8 Å². The van der Waals surface area contributed by atoms with Crippen molar-refractivity contribution in [2.24, 2.45) is 0 Å². The molecule has 0 fully saturated rings. The minimum atomic E-state index is -0.189. The first-order valence-corrected chi connectivity index (χ1v) is 8.26. The summed E-state index contributed by atoms with van der Waals surface area (Å²) in [5, 5.41) is 5.58. The summed E-state index contributed by atoms with van der Waals surface area (Å²) in [7, 11) is 1.60. The van der Waals surface area contributed by atoms with Gasteiger partial charge in [-0.2, -0.15) is 0 Å². The molecule has 1 heterocycles. The zero-order chi connectivity index (χ0) is 18.4. The summed E-state index contributed by atoms with van der Waals surface area (Å²) >= 11 is 0. The van der Waals surface area contributed by atoms with E-state index in [1.54, 1.807) is 31.6 Å². The lowest BCUT2D eigenvalue weighted by Crippen LogP contribution is -2.35. The van der Waals surface area contributed by atoms with Gasteiger partial charge in [0.05, 0.1) is 30.9 Å². The molecule has 0 saturated heterocycles. The molecule has 0 bridgehead atoms. The first-order chi connectivity index (χ1) is 12.7. The Balaban J connectivity index is 1.41. The van der Waals surface area contributed by atoms with E-state index in [1.165, 1.54) is 0 Å². The molecule has 26 heavy (non-hydrogen) atoms. The summed E-state index contributed by atoms with van der Waals surface area (Å²) in [4.78, 5) is 31.2. The Kier molecular flexibility index (Phi) is 5.48. The SMILES string of the molecule is COc1ccc(CC(=O)NCCNC(=O)c2ccc3nc[nH]c3c2)cc1. The molecule has 0 unspecified atom stereocenters. The highest BCUT2D eigenvalue weighted by Crippen LogP contribution is 2.12. The molecular weight excluding hydrogens is 332 g/mol. The van der Waals surface area contributed by atoms with E-state index in [1.807, 2.05) is 24.3 Å². The molecule has 7 nitrogen and oxygen atoms in total. The molecule has 0 spiro atoms. The maximum atomic E-state index is 12.1. The van der Waals surface area contributed by atoms with Crippen LogP contribution in [0.2, 0.25) is 0 Å². The number of benzene rings is 2. The summed E-state index contributed by atoms with van der Waals surface area (Å²) in [5.74, 6) is 0.472. The molecule has 1 aromatic heterocycles. The van der Waals surface area contributed by atoms with E-state index in [-0.39, 0.29) is 18.2 Å². The third-order valence-electron chi connectivity index (χ3n) is 3.94. The predicted molar refractivity (Wildman–Crippen MR) is 98.1 cm³/mol. The monoisotopic (exact) mass is 352 g/mol. The maximum absolute atomic E-state index is 12.1. The van der Waals surface area contributed by atoms with Crippen LogP contribution in [0.4, 0.5) is 0 Å². The number of aromatic nitrogens is 2. The number of nitrogens with zero attached hydrogens (tertiary/aromatic N) is 1. The number of H-pyrrole nitrogens is 1. The van der Waals surface area contributed by atoms with Gasteiger partial charge in [-0.3, -0.25) is 9.59 Å². The summed E-state index contributed by atoms with van der Waals surface area (Å²) in [5.41, 5.74) is 3.07. The Morgan fingerprint density at radius 2 is 1.85 bits per heavy atom. The second-order valence-corrected chi connectivity index (χ2v) is 5.77. The van der Waals surface area contributed by atoms with Gasteiger partial charge in [0.25, 0.3) is 5.91 Å². The first-order valence-electron chi connectivity index (χ1n) is 8.26. The number of amides is 2. The quantitative estimate of drug-likeness (QED) is 0.564. The van der Waals surface area contributed by atoms with Gasteiger partial charge < -0.3 is 20.4 Å². The van der Waals surface area contributed by atoms with Crippen molar-refractivity contribution in [2.75, 3.05) is 20.2 Å². The molecule has 2 aromatic carbocycles. The van der Waals surface area contributed by atoms with Gasteiger partial charge in [-0.25, -0.2) is 4.98 Å². The number of aromatic amines is 1. The van der Waals surface area contributed by atoms with Crippen molar-refractivity contribution in [3.8, 4) is 5.75 Å². The fourth-order valence-electron chi connectivity index (χ4n) is 2.55. The van der Waals surface area contributed by atoms with Gasteiger partial charge in [0.15, 0.2) is 0 Å². The van der Waals surface area contributed by atoms with Crippen molar-refractivity contribution < 1.29 is 14.3 Å². The van der Waals surface area contributed by atoms with Gasteiger partial charge in [0.1, 0.15) is 5.75 Å². The first kappa shape index (κ1) is 17.5. The van der Waals surface area contributed by atoms with Crippen LogP contribution in [0.25, 0.3) is 11.0 Å². The molecule has 7 heteroatoms. The fraction of sp³-hybridized carbons (Fsp3) is 0.211. The molecule has 0 atom stereocenters. The second kappa shape index (κ2) is 8.15. The van der Waals surface area contributed by atoms with Crippen molar-refractivity contribution in [1.29, 1.82) is 0 Å². The van der Waals surface area contributed by atoms with E-state index in [0.717, 1.165) is 22.3 Å². The molecular formula is C19H20N4O3. The van der Waals surface area contributed by atoms with Crippen molar-refractivity contribution in [2.45, 2.75) is 6.42 Å². The van der Waals surface area contributed by atoms with Crippen molar-refractivity contribution in [1.82, 2.24) is 20.6 Å². The molecule has 0 aliphatic rings. The molecule has 0 aliphatic carbocycles. The minimum Gasteiger partial charge on any atom is -0.497 e. The highest BCUT2D eigenvalue weighted by Gasteiger charge is 2.07. The Hall–Kier alpha value is -3.35. The summed E-state index contributed by atoms with van der Waals surface area (Å²) in [6.45, 7) is 0.723. The molecule has 0 aliphatic heterocycles. The molecule has 3 rings (SSSR count). The van der Waals surface area contributed by atoms with Crippen molar-refractivity contribution in [3.05, 3.63) is 59.9 Å². The van der Waals surface area contributed by atoms with E-state index >= 15 is 0 Å². The number of fused-ring (bicyclic) bond motifs is 1. The van der Waals surface area contributed by atoms with Crippen LogP contribution in [0, 0.1) is 0 Å². The van der Waals surface area contributed by atoms with Crippen LogP contribution in [-0.2, 0) is 11.2 Å². The van der Waals surface area contributed by atoms with E-state index in [0.29, 0.717) is 18.7 Å². The minimum absolute atomic E-state index is 0.0942. The lowest BCUT2D eigenvalue weighted by atomic mass is 10.1. The van der Waals surface area contributed by atoms with Crippen LogP contribution in [0.15, 0.2) is 48.8 Å². The number of nitrogens with one attached hydrogen (secondary N) is 3. The summed E-state index contributed by atoms with van der Waals surface area (Å²) < 4.78 is 5.09. The lowest BCUT2D eigenvalue weighted by molar-refractivity contribution is -0.120. The zero-order valence-corrected chi connectivity index (χ0v) is 14.4. The van der Waals surface area contributed by atoms with E-state index in [4.69, 9.17) is 4.74 Å². The second-order valence-electron chi connectivity index (χ2n) is 5.77. The number of ether oxygens (including phenoxy) is 1. The van der Waals surface area contributed by atoms with Crippen LogP contribution >= 0.6 is 0 Å². The van der Waals surface area contributed by atoms with Crippen LogP contribution in [0.1, 0.15) is 15.9 Å². The number of rotatable bonds is 7. The highest BCUT2D eigenvalue weighted by molar-refractivity contribution is 5.97. The molecule has 134 valence electrons. The van der Waals surface area contributed by atoms with E-state index in [2.05, 4.69) is 20.6 Å². The largest absolute Gasteiger partial charge is 0.497 e. The predicted octanol–water partition coefficient (Wildman–Crippen LogP) is 1.66. The molecule has 3 aromatic rings. The third-order valence-corrected chi connectivity index (χ3v) is 3.94.